The number of benzene rings is 1. The highest BCUT2D eigenvalue weighted by Gasteiger charge is 2.19. The van der Waals surface area contributed by atoms with Crippen LogP contribution >= 0.6 is 0 Å². The van der Waals surface area contributed by atoms with E-state index < -0.39 is 0 Å². The second-order valence-corrected chi connectivity index (χ2v) is 4.08. The fourth-order valence-electron chi connectivity index (χ4n) is 1.72. The van der Waals surface area contributed by atoms with Gasteiger partial charge in [0, 0.05) is 19.4 Å². The van der Waals surface area contributed by atoms with Gasteiger partial charge in [-0.1, -0.05) is 56.3 Å². The predicted molar refractivity (Wildman–Crippen MR) is 70.7 cm³/mol. The molecule has 0 radical (unpaired) electrons. The van der Waals surface area contributed by atoms with Crippen LogP contribution in [0.2, 0.25) is 0 Å². The Kier molecular flexibility index (Phi) is 5.64. The highest BCUT2D eigenvalue weighted by Crippen LogP contribution is 2.13. The minimum absolute atomic E-state index is 0.0926. The maximum atomic E-state index is 11.6. The van der Waals surface area contributed by atoms with Crippen LogP contribution in [0.25, 0.3) is 6.08 Å². The molecule has 2 atom stereocenters. The molecule has 0 aromatic heterocycles. The summed E-state index contributed by atoms with van der Waals surface area (Å²) < 4.78 is 5.35. The molecule has 0 aliphatic carbocycles. The molecular weight excluding hydrogens is 212 g/mol. The zero-order valence-electron chi connectivity index (χ0n) is 10.7. The smallest absolute Gasteiger partial charge is 0.138 e. The normalized spacial score (nSPS) is 14.8. The second-order valence-electron chi connectivity index (χ2n) is 4.08. The summed E-state index contributed by atoms with van der Waals surface area (Å²) in [5, 5.41) is 0. The van der Waals surface area contributed by atoms with E-state index in [0.717, 1.165) is 5.56 Å². The van der Waals surface area contributed by atoms with Crippen molar-refractivity contribution in [2.75, 3.05) is 7.11 Å². The molecule has 0 saturated heterocycles. The Morgan fingerprint density at radius 2 is 2.00 bits per heavy atom. The van der Waals surface area contributed by atoms with Crippen LogP contribution in [0.3, 0.4) is 0 Å². The van der Waals surface area contributed by atoms with Gasteiger partial charge in [0.25, 0.3) is 0 Å². The maximum Gasteiger partial charge on any atom is 0.138 e. The Bertz CT molecular complexity index is 368. The first-order valence-corrected chi connectivity index (χ1v) is 5.97. The third-order valence-corrected chi connectivity index (χ3v) is 2.90. The van der Waals surface area contributed by atoms with E-state index >= 15 is 0 Å². The number of rotatable bonds is 6. The first-order chi connectivity index (χ1) is 8.19. The fraction of sp³-hybridized carbons (Fsp3) is 0.400. The zero-order valence-corrected chi connectivity index (χ0v) is 10.7. The van der Waals surface area contributed by atoms with E-state index in [1.165, 1.54) is 0 Å². The first-order valence-electron chi connectivity index (χ1n) is 5.97. The third kappa shape index (κ3) is 4.16. The predicted octanol–water partition coefficient (Wildman–Crippen LogP) is 3.33. The van der Waals surface area contributed by atoms with Gasteiger partial charge >= 0.3 is 0 Å². The van der Waals surface area contributed by atoms with Gasteiger partial charge in [0.15, 0.2) is 0 Å². The van der Waals surface area contributed by atoms with Crippen LogP contribution in [-0.2, 0) is 9.53 Å². The van der Waals surface area contributed by atoms with Crippen LogP contribution in [0, 0.1) is 5.92 Å². The Morgan fingerprint density at radius 1 is 1.35 bits per heavy atom. The van der Waals surface area contributed by atoms with Crippen LogP contribution in [0.4, 0.5) is 0 Å². The molecule has 1 rings (SSSR count). The molecule has 0 saturated carbocycles. The summed E-state index contributed by atoms with van der Waals surface area (Å²) in [6.07, 6.45) is 4.35. The molecule has 2 heteroatoms. The van der Waals surface area contributed by atoms with Gasteiger partial charge in [-0.3, -0.25) is 4.79 Å². The molecule has 1 aromatic rings. The number of hydrogen-bond donors (Lipinski definition) is 0. The Morgan fingerprint density at radius 3 is 2.53 bits per heavy atom. The lowest BCUT2D eigenvalue weighted by Crippen LogP contribution is -2.25. The van der Waals surface area contributed by atoms with Crippen LogP contribution < -0.4 is 0 Å². The summed E-state index contributed by atoms with van der Waals surface area (Å²) in [5.41, 5.74) is 1.12. The molecule has 0 heterocycles. The maximum absolute atomic E-state index is 11.6. The van der Waals surface area contributed by atoms with Gasteiger partial charge < -0.3 is 4.74 Å². The topological polar surface area (TPSA) is 26.3 Å². The zero-order chi connectivity index (χ0) is 12.7. The van der Waals surface area contributed by atoms with Gasteiger partial charge in [0.2, 0.25) is 0 Å². The number of Topliss-reactive ketones (excluding diaryl/α,β-unsaturated/α-hetero) is 1. The lowest BCUT2D eigenvalue weighted by Gasteiger charge is -2.17. The van der Waals surface area contributed by atoms with E-state index in [1.54, 1.807) is 7.11 Å². The van der Waals surface area contributed by atoms with Crippen molar-refractivity contribution in [2.24, 2.45) is 5.92 Å². The van der Waals surface area contributed by atoms with Crippen LogP contribution in [0.15, 0.2) is 36.4 Å². The Labute approximate surface area is 103 Å². The van der Waals surface area contributed by atoms with Crippen LogP contribution in [-0.4, -0.2) is 19.0 Å². The van der Waals surface area contributed by atoms with Crippen molar-refractivity contribution in [3.05, 3.63) is 42.0 Å². The molecule has 17 heavy (non-hydrogen) atoms. The summed E-state index contributed by atoms with van der Waals surface area (Å²) in [5.74, 6) is 0.138. The van der Waals surface area contributed by atoms with Crippen LogP contribution in [0.1, 0.15) is 25.8 Å². The minimum Gasteiger partial charge on any atom is -0.377 e. The van der Waals surface area contributed by atoms with Crippen molar-refractivity contribution >= 4 is 11.9 Å². The summed E-state index contributed by atoms with van der Waals surface area (Å²) in [6, 6.07) is 10.0. The molecule has 0 bridgehead atoms. The standard InChI is InChI=1S/C15H20O2/c1-4-14(16)12(2)15(17-3)11-10-13-8-6-5-7-9-13/h5-12,15H,4H2,1-3H3/b11-10+/t12-,15+/m1/s1. The molecular formula is C15H20O2. The fourth-order valence-corrected chi connectivity index (χ4v) is 1.72. The van der Waals surface area contributed by atoms with E-state index in [1.807, 2.05) is 56.3 Å². The molecule has 0 fully saturated rings. The molecule has 0 amide bonds. The number of hydrogen-bond acceptors (Lipinski definition) is 2. The lowest BCUT2D eigenvalue weighted by molar-refractivity contribution is -0.125. The molecule has 0 aliphatic rings. The highest BCUT2D eigenvalue weighted by atomic mass is 16.5. The van der Waals surface area contributed by atoms with Crippen molar-refractivity contribution in [1.29, 1.82) is 0 Å². The lowest BCUT2D eigenvalue weighted by atomic mass is 9.97. The molecule has 0 unspecified atom stereocenters. The molecule has 2 nitrogen and oxygen atoms in total. The van der Waals surface area contributed by atoms with E-state index in [0.29, 0.717) is 6.42 Å². The van der Waals surface area contributed by atoms with Gasteiger partial charge in [0.1, 0.15) is 5.78 Å². The van der Waals surface area contributed by atoms with Crippen molar-refractivity contribution < 1.29 is 9.53 Å². The quantitative estimate of drug-likeness (QED) is 0.752. The van der Waals surface area contributed by atoms with E-state index in [2.05, 4.69) is 0 Å². The summed E-state index contributed by atoms with van der Waals surface area (Å²) in [4.78, 5) is 11.6. The van der Waals surface area contributed by atoms with Crippen LogP contribution in [0.5, 0.6) is 0 Å². The van der Waals surface area contributed by atoms with Crippen molar-refractivity contribution in [2.45, 2.75) is 26.4 Å². The van der Waals surface area contributed by atoms with Crippen molar-refractivity contribution in [3.63, 3.8) is 0 Å². The van der Waals surface area contributed by atoms with Crippen molar-refractivity contribution in [3.8, 4) is 0 Å². The van der Waals surface area contributed by atoms with E-state index in [-0.39, 0.29) is 17.8 Å². The largest absolute Gasteiger partial charge is 0.377 e. The molecule has 0 aliphatic heterocycles. The van der Waals surface area contributed by atoms with Gasteiger partial charge in [-0.2, -0.15) is 0 Å². The highest BCUT2D eigenvalue weighted by molar-refractivity contribution is 5.81. The average Bonchev–Trinajstić information content (AvgIpc) is 2.39. The van der Waals surface area contributed by atoms with Gasteiger partial charge in [-0.15, -0.1) is 0 Å². The molecule has 0 spiro atoms. The second kappa shape index (κ2) is 7.02. The number of carbonyl (C=O) groups is 1. The number of ketones is 1. The number of methoxy groups -OCH3 is 1. The summed E-state index contributed by atoms with van der Waals surface area (Å²) in [7, 11) is 1.64. The summed E-state index contributed by atoms with van der Waals surface area (Å²) in [6.45, 7) is 3.79. The summed E-state index contributed by atoms with van der Waals surface area (Å²) >= 11 is 0. The Hall–Kier alpha value is -1.41. The van der Waals surface area contributed by atoms with Gasteiger partial charge in [0.05, 0.1) is 6.10 Å². The molecule has 92 valence electrons. The van der Waals surface area contributed by atoms with Gasteiger partial charge in [-0.05, 0) is 5.56 Å². The SMILES string of the molecule is CCC(=O)[C@@H](C)[C@H](/C=C/c1ccccc1)OC. The molecule has 1 aromatic carbocycles. The van der Waals surface area contributed by atoms with Gasteiger partial charge in [-0.25, -0.2) is 0 Å². The van der Waals surface area contributed by atoms with E-state index in [9.17, 15) is 4.79 Å². The monoisotopic (exact) mass is 232 g/mol. The third-order valence-electron chi connectivity index (χ3n) is 2.90. The van der Waals surface area contributed by atoms with Crippen molar-refractivity contribution in [1.82, 2.24) is 0 Å². The Balaban J connectivity index is 2.70. The first kappa shape index (κ1) is 13.7. The minimum atomic E-state index is -0.150. The van der Waals surface area contributed by atoms with E-state index in [4.69, 9.17) is 4.74 Å². The number of carbonyl (C=O) groups excluding carboxylic acids is 1. The average molecular weight is 232 g/mol. The molecule has 0 N–H and O–H groups in total. The number of ether oxygens (including phenoxy) is 1.